The molecule has 0 aromatic heterocycles. The van der Waals surface area contributed by atoms with Crippen molar-refractivity contribution in [3.8, 4) is 5.75 Å². The molecule has 0 bridgehead atoms. The fraction of sp³-hybridized carbons (Fsp3) is 0.0714. The summed E-state index contributed by atoms with van der Waals surface area (Å²) in [5.41, 5.74) is 2.83. The van der Waals surface area contributed by atoms with Crippen LogP contribution in [0.5, 0.6) is 5.75 Å². The first-order valence-corrected chi connectivity index (χ1v) is 10.6. The van der Waals surface area contributed by atoms with E-state index in [-0.39, 0.29) is 11.9 Å². The Morgan fingerprint density at radius 1 is 0.788 bits per heavy atom. The van der Waals surface area contributed by atoms with Crippen molar-refractivity contribution in [2.75, 3.05) is 6.61 Å². The summed E-state index contributed by atoms with van der Waals surface area (Å²) in [5.74, 6) is -0.767. The minimum absolute atomic E-state index is 0.219. The van der Waals surface area contributed by atoms with E-state index in [2.05, 4.69) is 5.32 Å². The lowest BCUT2D eigenvalue weighted by Gasteiger charge is -2.19. The van der Waals surface area contributed by atoms with E-state index in [1.807, 2.05) is 84.9 Å². The van der Waals surface area contributed by atoms with Gasteiger partial charge in [-0.1, -0.05) is 91.0 Å². The molecule has 0 saturated carbocycles. The van der Waals surface area contributed by atoms with Crippen LogP contribution in [0.1, 0.15) is 22.7 Å². The molecule has 0 spiro atoms. The second-order valence-electron chi connectivity index (χ2n) is 7.48. The van der Waals surface area contributed by atoms with Gasteiger partial charge in [0.1, 0.15) is 5.75 Å². The molecule has 2 N–H and O–H groups in total. The van der Waals surface area contributed by atoms with Crippen molar-refractivity contribution in [2.45, 2.75) is 6.04 Å². The Hall–Kier alpha value is -4.38. The molecule has 0 fully saturated rings. The zero-order valence-electron chi connectivity index (χ0n) is 17.8. The van der Waals surface area contributed by atoms with Crippen LogP contribution in [-0.2, 0) is 9.59 Å². The summed E-state index contributed by atoms with van der Waals surface area (Å²) < 4.78 is 5.41. The van der Waals surface area contributed by atoms with Crippen molar-refractivity contribution >= 4 is 28.7 Å². The number of ether oxygens (including phenoxy) is 1. The second-order valence-corrected chi connectivity index (χ2v) is 7.48. The van der Waals surface area contributed by atoms with Gasteiger partial charge in [0.15, 0.2) is 6.61 Å². The maximum atomic E-state index is 12.9. The predicted molar refractivity (Wildman–Crippen MR) is 129 cm³/mol. The average Bonchev–Trinajstić information content (AvgIpc) is 2.85. The van der Waals surface area contributed by atoms with Crippen LogP contribution >= 0.6 is 0 Å². The molecule has 33 heavy (non-hydrogen) atoms. The quantitative estimate of drug-likeness (QED) is 0.371. The molecule has 0 saturated heterocycles. The Morgan fingerprint density at radius 2 is 1.39 bits per heavy atom. The molecule has 1 amide bonds. The molecule has 0 radical (unpaired) electrons. The van der Waals surface area contributed by atoms with Gasteiger partial charge in [-0.3, -0.25) is 4.79 Å². The van der Waals surface area contributed by atoms with E-state index in [4.69, 9.17) is 9.84 Å². The molecular weight excluding hydrogens is 414 g/mol. The molecule has 4 rings (SSSR count). The van der Waals surface area contributed by atoms with Crippen molar-refractivity contribution in [3.05, 3.63) is 120 Å². The maximum absolute atomic E-state index is 12.9. The van der Waals surface area contributed by atoms with Gasteiger partial charge in [0.2, 0.25) is 5.91 Å². The van der Waals surface area contributed by atoms with Gasteiger partial charge in [0, 0.05) is 11.5 Å². The van der Waals surface area contributed by atoms with Gasteiger partial charge in [-0.2, -0.15) is 0 Å². The smallest absolute Gasteiger partial charge is 0.341 e. The van der Waals surface area contributed by atoms with E-state index < -0.39 is 12.6 Å². The number of hydrogen-bond donors (Lipinski definition) is 2. The fourth-order valence-electron chi connectivity index (χ4n) is 3.72. The summed E-state index contributed by atoms with van der Waals surface area (Å²) in [7, 11) is 0. The molecule has 4 aromatic rings. The first-order chi connectivity index (χ1) is 16.1. The number of carboxylic acid groups (broad SMARTS) is 1. The fourth-order valence-corrected chi connectivity index (χ4v) is 3.72. The van der Waals surface area contributed by atoms with Crippen LogP contribution in [0.2, 0.25) is 0 Å². The first-order valence-electron chi connectivity index (χ1n) is 10.6. The molecule has 0 aliphatic heterocycles. The minimum Gasteiger partial charge on any atom is -0.481 e. The number of nitrogens with one attached hydrogen (secondary N) is 1. The summed E-state index contributed by atoms with van der Waals surface area (Å²) >= 11 is 0. The third-order valence-corrected chi connectivity index (χ3v) is 5.23. The largest absolute Gasteiger partial charge is 0.481 e. The number of amides is 1. The van der Waals surface area contributed by atoms with Crippen LogP contribution in [-0.4, -0.2) is 23.6 Å². The number of carbonyl (C=O) groups excluding carboxylic acids is 1. The van der Waals surface area contributed by atoms with E-state index in [0.717, 1.165) is 27.5 Å². The van der Waals surface area contributed by atoms with Crippen LogP contribution in [0.3, 0.4) is 0 Å². The lowest BCUT2D eigenvalue weighted by Crippen LogP contribution is -2.27. The number of aliphatic carboxylic acids is 1. The first kappa shape index (κ1) is 21.8. The van der Waals surface area contributed by atoms with Crippen LogP contribution in [0.25, 0.3) is 16.8 Å². The van der Waals surface area contributed by atoms with E-state index in [1.54, 1.807) is 18.2 Å². The Balaban J connectivity index is 1.58. The number of hydrogen-bond acceptors (Lipinski definition) is 3. The lowest BCUT2D eigenvalue weighted by atomic mass is 9.98. The Kier molecular flexibility index (Phi) is 6.81. The van der Waals surface area contributed by atoms with Crippen molar-refractivity contribution in [2.24, 2.45) is 0 Å². The van der Waals surface area contributed by atoms with E-state index in [1.165, 1.54) is 6.08 Å². The van der Waals surface area contributed by atoms with Crippen molar-refractivity contribution in [1.29, 1.82) is 0 Å². The highest BCUT2D eigenvalue weighted by Gasteiger charge is 2.15. The summed E-state index contributed by atoms with van der Waals surface area (Å²) in [5, 5.41) is 13.7. The molecule has 4 aromatic carbocycles. The van der Waals surface area contributed by atoms with Gasteiger partial charge in [-0.25, -0.2) is 4.79 Å². The van der Waals surface area contributed by atoms with Crippen LogP contribution in [0.15, 0.2) is 103 Å². The Labute approximate surface area is 192 Å². The number of rotatable bonds is 8. The molecule has 5 nitrogen and oxygen atoms in total. The third-order valence-electron chi connectivity index (χ3n) is 5.23. The standard InChI is InChI=1S/C28H23NO4/c30-26(29-28(21-9-3-1-4-10-21)22-11-5-2-6-12-22)18-17-20-13-7-15-24-23(20)14-8-16-25(24)33-19-27(31)32/h1-18,28H,19H2,(H,29,30)(H,31,32). The highest BCUT2D eigenvalue weighted by atomic mass is 16.5. The number of carbonyl (C=O) groups is 2. The highest BCUT2D eigenvalue weighted by molar-refractivity contribution is 5.98. The average molecular weight is 437 g/mol. The summed E-state index contributed by atoms with van der Waals surface area (Å²) in [6.45, 7) is -0.415. The van der Waals surface area contributed by atoms with Crippen molar-refractivity contribution < 1.29 is 19.4 Å². The topological polar surface area (TPSA) is 75.6 Å². The van der Waals surface area contributed by atoms with Crippen molar-refractivity contribution in [3.63, 3.8) is 0 Å². The molecule has 0 heterocycles. The van der Waals surface area contributed by atoms with Crippen LogP contribution in [0, 0.1) is 0 Å². The summed E-state index contributed by atoms with van der Waals surface area (Å²) in [6.07, 6.45) is 3.27. The number of fused-ring (bicyclic) bond motifs is 1. The SMILES string of the molecule is O=C(O)COc1cccc2c(C=CC(=O)NC(c3ccccc3)c3ccccc3)cccc12. The monoisotopic (exact) mass is 437 g/mol. The molecule has 5 heteroatoms. The van der Waals surface area contributed by atoms with Gasteiger partial charge in [-0.15, -0.1) is 0 Å². The summed E-state index contributed by atoms with van der Waals surface area (Å²) in [6, 6.07) is 30.5. The minimum atomic E-state index is -1.04. The maximum Gasteiger partial charge on any atom is 0.341 e. The Morgan fingerprint density at radius 3 is 2.03 bits per heavy atom. The third kappa shape index (κ3) is 5.46. The van der Waals surface area contributed by atoms with E-state index in [9.17, 15) is 9.59 Å². The van der Waals surface area contributed by atoms with E-state index >= 15 is 0 Å². The normalized spacial score (nSPS) is 11.1. The number of benzene rings is 4. The molecule has 0 unspecified atom stereocenters. The number of carboxylic acids is 1. The van der Waals surface area contributed by atoms with Gasteiger partial charge in [-0.05, 0) is 34.2 Å². The van der Waals surface area contributed by atoms with Gasteiger partial charge in [0.05, 0.1) is 6.04 Å². The molecule has 0 aliphatic carbocycles. The van der Waals surface area contributed by atoms with Crippen molar-refractivity contribution in [1.82, 2.24) is 5.32 Å². The van der Waals surface area contributed by atoms with Gasteiger partial charge >= 0.3 is 5.97 Å². The van der Waals surface area contributed by atoms with Crippen LogP contribution in [0.4, 0.5) is 0 Å². The highest BCUT2D eigenvalue weighted by Crippen LogP contribution is 2.29. The Bertz CT molecular complexity index is 1240. The van der Waals surface area contributed by atoms with Crippen LogP contribution < -0.4 is 10.1 Å². The van der Waals surface area contributed by atoms with Gasteiger partial charge in [0.25, 0.3) is 0 Å². The van der Waals surface area contributed by atoms with Gasteiger partial charge < -0.3 is 15.2 Å². The summed E-state index contributed by atoms with van der Waals surface area (Å²) in [4.78, 5) is 23.7. The predicted octanol–water partition coefficient (Wildman–Crippen LogP) is 5.22. The zero-order chi connectivity index (χ0) is 23.0. The van der Waals surface area contributed by atoms with E-state index in [0.29, 0.717) is 5.75 Å². The lowest BCUT2D eigenvalue weighted by molar-refractivity contribution is -0.139. The molecule has 0 aliphatic rings. The molecular formula is C28H23NO4. The second kappa shape index (κ2) is 10.3. The zero-order valence-corrected chi connectivity index (χ0v) is 17.8. The molecule has 164 valence electrons. The molecule has 0 atom stereocenters.